The predicted molar refractivity (Wildman–Crippen MR) is 65.1 cm³/mol. The van der Waals surface area contributed by atoms with Crippen LogP contribution in [0.2, 0.25) is 0 Å². The van der Waals surface area contributed by atoms with E-state index in [9.17, 15) is 4.79 Å². The van der Waals surface area contributed by atoms with Crippen LogP contribution in [-0.2, 0) is 0 Å². The monoisotopic (exact) mass is 227 g/mol. The maximum atomic E-state index is 11.9. The second-order valence-electron chi connectivity index (χ2n) is 3.95. The summed E-state index contributed by atoms with van der Waals surface area (Å²) in [7, 11) is 0. The Hall–Kier alpha value is -2.23. The van der Waals surface area contributed by atoms with Gasteiger partial charge in [0.25, 0.3) is 0 Å². The van der Waals surface area contributed by atoms with Crippen LogP contribution in [0.5, 0.6) is 0 Å². The number of benzene rings is 1. The molecule has 0 unspecified atom stereocenters. The number of rotatable bonds is 3. The molecule has 0 bridgehead atoms. The van der Waals surface area contributed by atoms with E-state index in [4.69, 9.17) is 0 Å². The van der Waals surface area contributed by atoms with Gasteiger partial charge in [-0.25, -0.2) is 4.68 Å². The molecular weight excluding hydrogens is 214 g/mol. The Morgan fingerprint density at radius 2 is 1.94 bits per heavy atom. The van der Waals surface area contributed by atoms with Crippen LogP contribution in [0.1, 0.15) is 24.3 Å². The molecule has 86 valence electrons. The van der Waals surface area contributed by atoms with Crippen LogP contribution < -0.4 is 0 Å². The third-order valence-corrected chi connectivity index (χ3v) is 2.22. The Kier molecular flexibility index (Phi) is 3.14. The summed E-state index contributed by atoms with van der Waals surface area (Å²) in [6.45, 7) is 3.77. The summed E-state index contributed by atoms with van der Waals surface area (Å²) in [6.07, 6.45) is 3.06. The highest BCUT2D eigenvalue weighted by Crippen LogP contribution is 2.10. The fourth-order valence-electron chi connectivity index (χ4n) is 1.50. The van der Waals surface area contributed by atoms with E-state index in [0.29, 0.717) is 5.69 Å². The highest BCUT2D eigenvalue weighted by Gasteiger charge is 2.11. The minimum absolute atomic E-state index is 0.0844. The molecule has 1 heterocycles. The smallest absolute Gasteiger partial charge is 0.205 e. The van der Waals surface area contributed by atoms with Crippen LogP contribution in [0.3, 0.4) is 0 Å². The maximum absolute atomic E-state index is 11.9. The third kappa shape index (κ3) is 2.47. The van der Waals surface area contributed by atoms with Crippen molar-refractivity contribution in [2.75, 3.05) is 0 Å². The first-order valence-corrected chi connectivity index (χ1v) is 5.34. The highest BCUT2D eigenvalue weighted by atomic mass is 16.1. The van der Waals surface area contributed by atoms with Crippen molar-refractivity contribution >= 4 is 5.78 Å². The number of nitrogens with zero attached hydrogens (tertiary/aromatic N) is 3. The summed E-state index contributed by atoms with van der Waals surface area (Å²) in [5.74, 6) is -0.0844. The molecular formula is C13H13N3O. The molecule has 0 amide bonds. The molecule has 0 atom stereocenters. The Balaban J connectivity index is 2.43. The Bertz CT molecular complexity index is 551. The van der Waals surface area contributed by atoms with Crippen molar-refractivity contribution in [2.24, 2.45) is 0 Å². The van der Waals surface area contributed by atoms with Crippen LogP contribution in [0.25, 0.3) is 5.69 Å². The van der Waals surface area contributed by atoms with E-state index in [1.165, 1.54) is 6.20 Å². The minimum Gasteiger partial charge on any atom is -0.287 e. The highest BCUT2D eigenvalue weighted by molar-refractivity contribution is 6.03. The number of allylic oxidation sites excluding steroid dienone is 2. The Morgan fingerprint density at radius 1 is 1.24 bits per heavy atom. The van der Waals surface area contributed by atoms with Crippen LogP contribution in [0.4, 0.5) is 0 Å². The summed E-state index contributed by atoms with van der Waals surface area (Å²) < 4.78 is 1.54. The number of aromatic nitrogens is 3. The average molecular weight is 227 g/mol. The number of hydrogen-bond donors (Lipinski definition) is 0. The molecule has 0 radical (unpaired) electrons. The van der Waals surface area contributed by atoms with Crippen LogP contribution in [0, 0.1) is 0 Å². The summed E-state index contributed by atoms with van der Waals surface area (Å²) in [4.78, 5) is 11.9. The first-order valence-electron chi connectivity index (χ1n) is 5.34. The van der Waals surface area contributed by atoms with Gasteiger partial charge in [0.2, 0.25) is 5.78 Å². The van der Waals surface area contributed by atoms with Gasteiger partial charge in [-0.05, 0) is 32.1 Å². The molecule has 0 N–H and O–H groups in total. The van der Waals surface area contributed by atoms with E-state index in [2.05, 4.69) is 10.3 Å². The van der Waals surface area contributed by atoms with Gasteiger partial charge in [0.1, 0.15) is 5.69 Å². The molecule has 1 aromatic heterocycles. The molecule has 4 nitrogen and oxygen atoms in total. The van der Waals surface area contributed by atoms with Gasteiger partial charge in [-0.1, -0.05) is 29.0 Å². The topological polar surface area (TPSA) is 47.8 Å². The lowest BCUT2D eigenvalue weighted by Gasteiger charge is -2.03. The molecule has 0 saturated heterocycles. The van der Waals surface area contributed by atoms with Crippen LogP contribution >= 0.6 is 0 Å². The van der Waals surface area contributed by atoms with Gasteiger partial charge < -0.3 is 0 Å². The molecule has 0 aliphatic heterocycles. The zero-order valence-electron chi connectivity index (χ0n) is 9.79. The number of carbonyl (C=O) groups is 1. The molecule has 0 aliphatic rings. The lowest BCUT2D eigenvalue weighted by atomic mass is 10.2. The van der Waals surface area contributed by atoms with Crippen molar-refractivity contribution in [1.29, 1.82) is 0 Å². The average Bonchev–Trinajstić information content (AvgIpc) is 2.78. The van der Waals surface area contributed by atoms with E-state index in [0.717, 1.165) is 11.3 Å². The number of hydrogen-bond acceptors (Lipinski definition) is 3. The first-order chi connectivity index (χ1) is 8.18. The zero-order valence-corrected chi connectivity index (χ0v) is 9.79. The third-order valence-electron chi connectivity index (χ3n) is 2.22. The second-order valence-corrected chi connectivity index (χ2v) is 3.95. The van der Waals surface area contributed by atoms with Crippen LogP contribution in [0.15, 0.2) is 48.2 Å². The van der Waals surface area contributed by atoms with Gasteiger partial charge >= 0.3 is 0 Å². The number of ketones is 1. The van der Waals surface area contributed by atoms with Crippen molar-refractivity contribution in [3.8, 4) is 5.69 Å². The number of para-hydroxylation sites is 1. The minimum atomic E-state index is -0.0844. The van der Waals surface area contributed by atoms with E-state index in [1.807, 2.05) is 44.2 Å². The molecule has 0 aliphatic carbocycles. The van der Waals surface area contributed by atoms with Crippen molar-refractivity contribution in [3.05, 3.63) is 53.9 Å². The van der Waals surface area contributed by atoms with Crippen LogP contribution in [-0.4, -0.2) is 20.8 Å². The van der Waals surface area contributed by atoms with Crippen molar-refractivity contribution in [2.45, 2.75) is 13.8 Å². The second kappa shape index (κ2) is 4.74. The summed E-state index contributed by atoms with van der Waals surface area (Å²) in [5, 5.41) is 7.72. The van der Waals surface area contributed by atoms with Gasteiger partial charge in [0.05, 0.1) is 11.9 Å². The Labute approximate surface area is 99.6 Å². The van der Waals surface area contributed by atoms with Crippen molar-refractivity contribution < 1.29 is 4.79 Å². The van der Waals surface area contributed by atoms with E-state index in [1.54, 1.807) is 10.8 Å². The molecule has 17 heavy (non-hydrogen) atoms. The fraction of sp³-hybridized carbons (Fsp3) is 0.154. The maximum Gasteiger partial charge on any atom is 0.205 e. The number of carbonyl (C=O) groups excluding carboxylic acids is 1. The first kappa shape index (κ1) is 11.3. The Morgan fingerprint density at radius 3 is 2.59 bits per heavy atom. The van der Waals surface area contributed by atoms with Gasteiger partial charge in [-0.3, -0.25) is 4.79 Å². The molecule has 2 rings (SSSR count). The standard InChI is InChI=1S/C13H13N3O/c1-10(2)8-13(17)12-9-14-15-16(12)11-6-4-3-5-7-11/h3-9H,1-2H3. The molecule has 0 fully saturated rings. The van der Waals surface area contributed by atoms with Gasteiger partial charge in [-0.15, -0.1) is 5.10 Å². The molecule has 0 spiro atoms. The largest absolute Gasteiger partial charge is 0.287 e. The van der Waals surface area contributed by atoms with E-state index < -0.39 is 0 Å². The molecule has 0 saturated carbocycles. The quantitative estimate of drug-likeness (QED) is 0.597. The van der Waals surface area contributed by atoms with Gasteiger partial charge in [0, 0.05) is 0 Å². The fourth-order valence-corrected chi connectivity index (χ4v) is 1.50. The van der Waals surface area contributed by atoms with Gasteiger partial charge in [0.15, 0.2) is 0 Å². The summed E-state index contributed by atoms with van der Waals surface area (Å²) in [6, 6.07) is 9.47. The normalized spacial score (nSPS) is 10.0. The molecule has 4 heteroatoms. The lowest BCUT2D eigenvalue weighted by Crippen LogP contribution is -2.07. The van der Waals surface area contributed by atoms with E-state index >= 15 is 0 Å². The van der Waals surface area contributed by atoms with Gasteiger partial charge in [-0.2, -0.15) is 0 Å². The van der Waals surface area contributed by atoms with Crippen molar-refractivity contribution in [1.82, 2.24) is 15.0 Å². The zero-order chi connectivity index (χ0) is 12.3. The predicted octanol–water partition coefficient (Wildman–Crippen LogP) is 2.42. The summed E-state index contributed by atoms with van der Waals surface area (Å²) >= 11 is 0. The molecule has 1 aromatic carbocycles. The van der Waals surface area contributed by atoms with Crippen molar-refractivity contribution in [3.63, 3.8) is 0 Å². The SMILES string of the molecule is CC(C)=CC(=O)c1cnnn1-c1ccccc1. The molecule has 2 aromatic rings. The van der Waals surface area contributed by atoms with E-state index in [-0.39, 0.29) is 5.78 Å². The lowest BCUT2D eigenvalue weighted by molar-refractivity contribution is 0.103. The summed E-state index contributed by atoms with van der Waals surface area (Å²) in [5.41, 5.74) is 2.25.